The number of unbranched alkanes of at least 4 members (excludes halogenated alkanes) is 5. The van der Waals surface area contributed by atoms with Crippen molar-refractivity contribution in [2.75, 3.05) is 106 Å². The second-order valence-electron chi connectivity index (χ2n) is 11.6. The molecule has 0 aromatic rings. The van der Waals surface area contributed by atoms with E-state index in [2.05, 4.69) is 40.8 Å². The smallest absolute Gasteiger partial charge is 0.305 e. The summed E-state index contributed by atoms with van der Waals surface area (Å²) in [6.07, 6.45) is 7.45. The Kier molecular flexibility index (Phi) is 28.7. The maximum absolute atomic E-state index is 11.7. The molecule has 0 aromatic carbocycles. The maximum Gasteiger partial charge on any atom is 0.305 e. The Morgan fingerprint density at radius 2 is 0.833 bits per heavy atom. The lowest BCUT2D eigenvalue weighted by Crippen LogP contribution is -2.41. The van der Waals surface area contributed by atoms with Gasteiger partial charge in [0.15, 0.2) is 8.32 Å². The lowest BCUT2D eigenvalue weighted by Gasteiger charge is -2.36. The average Bonchev–Trinajstić information content (AvgIpc) is 2.94. The molecule has 0 spiro atoms. The highest BCUT2D eigenvalue weighted by Crippen LogP contribution is 2.36. The second kappa shape index (κ2) is 29.1. The molecule has 0 rings (SSSR count). The topological polar surface area (TPSA) is 100 Å². The lowest BCUT2D eigenvalue weighted by molar-refractivity contribution is -0.145. The summed E-state index contributed by atoms with van der Waals surface area (Å²) in [5.41, 5.74) is 0. The summed E-state index contributed by atoms with van der Waals surface area (Å²) in [6, 6.07) is 0. The highest BCUT2D eigenvalue weighted by Gasteiger charge is 2.36. The number of esters is 1. The molecule has 10 nitrogen and oxygen atoms in total. The maximum atomic E-state index is 11.7. The van der Waals surface area contributed by atoms with Crippen molar-refractivity contribution >= 4 is 14.3 Å². The van der Waals surface area contributed by atoms with E-state index in [0.717, 1.165) is 12.8 Å². The monoisotopic (exact) mass is 624 g/mol. The molecule has 11 heteroatoms. The third-order valence-electron chi connectivity index (χ3n) is 6.95. The number of hydrogen-bond donors (Lipinski definition) is 0. The molecule has 0 saturated carbocycles. The van der Waals surface area contributed by atoms with Crippen molar-refractivity contribution in [2.24, 2.45) is 0 Å². The van der Waals surface area contributed by atoms with E-state index < -0.39 is 8.32 Å². The molecule has 0 aliphatic heterocycles. The molecule has 0 bridgehead atoms. The minimum absolute atomic E-state index is 0.138. The summed E-state index contributed by atoms with van der Waals surface area (Å²) >= 11 is 0. The van der Waals surface area contributed by atoms with Gasteiger partial charge in [-0.15, -0.1) is 0 Å². The number of ether oxygens (including phenoxy) is 8. The van der Waals surface area contributed by atoms with E-state index in [9.17, 15) is 4.79 Å². The Bertz CT molecular complexity index is 587. The third-order valence-corrected chi connectivity index (χ3v) is 11.5. The van der Waals surface area contributed by atoms with Gasteiger partial charge in [-0.05, 0) is 24.6 Å². The third kappa shape index (κ3) is 28.2. The molecule has 252 valence electrons. The summed E-state index contributed by atoms with van der Waals surface area (Å²) in [5, 5.41) is 0.218. The van der Waals surface area contributed by atoms with Gasteiger partial charge in [0.1, 0.15) is 6.61 Å². The van der Waals surface area contributed by atoms with Gasteiger partial charge in [0.05, 0.1) is 99.1 Å². The molecule has 0 heterocycles. The summed E-state index contributed by atoms with van der Waals surface area (Å²) in [5.74, 6) is -0.138. The number of rotatable bonds is 32. The Labute approximate surface area is 257 Å². The highest BCUT2D eigenvalue weighted by molar-refractivity contribution is 6.74. The Balaban J connectivity index is 3.19. The first-order valence-electron chi connectivity index (χ1n) is 16.0. The highest BCUT2D eigenvalue weighted by atomic mass is 28.4. The molecule has 0 atom stereocenters. The number of carbonyl (C=O) groups is 1. The molecule has 0 unspecified atom stereocenters. The molecule has 0 aliphatic rings. The van der Waals surface area contributed by atoms with Crippen molar-refractivity contribution in [1.29, 1.82) is 0 Å². The zero-order valence-electron chi connectivity index (χ0n) is 27.8. The average molecular weight is 625 g/mol. The van der Waals surface area contributed by atoms with Crippen molar-refractivity contribution in [3.8, 4) is 0 Å². The molecule has 0 radical (unpaired) electrons. The van der Waals surface area contributed by atoms with Gasteiger partial charge >= 0.3 is 5.97 Å². The van der Waals surface area contributed by atoms with E-state index in [1.807, 2.05) is 0 Å². The van der Waals surface area contributed by atoms with Crippen LogP contribution in [0.5, 0.6) is 0 Å². The van der Waals surface area contributed by atoms with Crippen LogP contribution in [-0.2, 0) is 47.1 Å². The summed E-state index contributed by atoms with van der Waals surface area (Å²) in [7, 11) is -1.69. The molecule has 0 amide bonds. The van der Waals surface area contributed by atoms with Gasteiger partial charge in [0.25, 0.3) is 0 Å². The van der Waals surface area contributed by atoms with Crippen LogP contribution in [0.25, 0.3) is 0 Å². The van der Waals surface area contributed by atoms with Crippen molar-refractivity contribution in [1.82, 2.24) is 0 Å². The van der Waals surface area contributed by atoms with E-state index in [1.54, 1.807) is 0 Å². The Morgan fingerprint density at radius 3 is 1.21 bits per heavy atom. The van der Waals surface area contributed by atoms with E-state index >= 15 is 0 Å². The lowest BCUT2D eigenvalue weighted by atomic mass is 10.1. The molecule has 0 N–H and O–H groups in total. The largest absolute Gasteiger partial charge is 0.463 e. The van der Waals surface area contributed by atoms with Crippen LogP contribution in [0.1, 0.15) is 72.6 Å². The molecular formula is C31H64O10Si. The van der Waals surface area contributed by atoms with Crippen LogP contribution in [0.3, 0.4) is 0 Å². The fourth-order valence-corrected chi connectivity index (χ4v) is 4.36. The predicted molar refractivity (Wildman–Crippen MR) is 168 cm³/mol. The first kappa shape index (κ1) is 41.4. The van der Waals surface area contributed by atoms with Crippen LogP contribution in [0.4, 0.5) is 0 Å². The van der Waals surface area contributed by atoms with Crippen LogP contribution in [0.2, 0.25) is 18.1 Å². The quantitative estimate of drug-likeness (QED) is 0.0548. The van der Waals surface area contributed by atoms with Crippen LogP contribution in [-0.4, -0.2) is 120 Å². The predicted octanol–water partition coefficient (Wildman–Crippen LogP) is 5.42. The SMILES string of the molecule is CCCCCCCCC(=O)OCCOCCOCCOCCOCCOCCOCCOCCO[Si](C)(C)C(C)(C)C. The van der Waals surface area contributed by atoms with Crippen LogP contribution >= 0.6 is 0 Å². The number of hydrogen-bond acceptors (Lipinski definition) is 10. The van der Waals surface area contributed by atoms with Gasteiger partial charge in [0, 0.05) is 6.42 Å². The summed E-state index contributed by atoms with van der Waals surface area (Å²) in [6.45, 7) is 21.5. The molecule has 42 heavy (non-hydrogen) atoms. The normalized spacial score (nSPS) is 12.2. The summed E-state index contributed by atoms with van der Waals surface area (Å²) < 4.78 is 49.7. The van der Waals surface area contributed by atoms with E-state index in [4.69, 9.17) is 42.3 Å². The Morgan fingerprint density at radius 1 is 0.500 bits per heavy atom. The number of carbonyl (C=O) groups excluding carboxylic acids is 1. The van der Waals surface area contributed by atoms with Gasteiger partial charge in [-0.25, -0.2) is 0 Å². The van der Waals surface area contributed by atoms with E-state index in [1.165, 1.54) is 25.7 Å². The van der Waals surface area contributed by atoms with Crippen molar-refractivity contribution in [3.05, 3.63) is 0 Å². The van der Waals surface area contributed by atoms with Crippen molar-refractivity contribution in [3.63, 3.8) is 0 Å². The van der Waals surface area contributed by atoms with Crippen molar-refractivity contribution in [2.45, 2.75) is 90.8 Å². The molecule has 0 aromatic heterocycles. The molecule has 0 saturated heterocycles. The first-order chi connectivity index (χ1) is 20.2. The molecule has 0 fully saturated rings. The van der Waals surface area contributed by atoms with Crippen LogP contribution in [0.15, 0.2) is 0 Å². The van der Waals surface area contributed by atoms with Gasteiger partial charge in [-0.3, -0.25) is 4.79 Å². The minimum Gasteiger partial charge on any atom is -0.463 e. The van der Waals surface area contributed by atoms with Crippen LogP contribution < -0.4 is 0 Å². The first-order valence-corrected chi connectivity index (χ1v) is 19.0. The van der Waals surface area contributed by atoms with Crippen LogP contribution in [0, 0.1) is 0 Å². The van der Waals surface area contributed by atoms with Gasteiger partial charge in [0.2, 0.25) is 0 Å². The van der Waals surface area contributed by atoms with E-state index in [0.29, 0.717) is 112 Å². The van der Waals surface area contributed by atoms with Gasteiger partial charge in [-0.2, -0.15) is 0 Å². The fourth-order valence-electron chi connectivity index (χ4n) is 3.33. The van der Waals surface area contributed by atoms with Gasteiger partial charge in [-0.1, -0.05) is 59.8 Å². The second-order valence-corrected chi connectivity index (χ2v) is 16.4. The van der Waals surface area contributed by atoms with Crippen molar-refractivity contribution < 1.29 is 47.1 Å². The molecule has 0 aliphatic carbocycles. The van der Waals surface area contributed by atoms with Gasteiger partial charge < -0.3 is 42.3 Å². The Hall–Kier alpha value is -0.633. The minimum atomic E-state index is -1.69. The zero-order chi connectivity index (χ0) is 31.2. The fraction of sp³-hybridized carbons (Fsp3) is 0.968. The zero-order valence-corrected chi connectivity index (χ0v) is 28.8. The summed E-state index contributed by atoms with van der Waals surface area (Å²) in [4.78, 5) is 11.7. The standard InChI is InChI=1S/C31H64O10Si/c1-7-8-9-10-11-12-13-30(32)40-28-26-38-24-22-36-20-18-34-16-14-33-15-17-35-19-21-37-23-25-39-27-29-41-42(5,6)31(2,3)4/h7-29H2,1-6H3. The molecular weight excluding hydrogens is 560 g/mol. The van der Waals surface area contributed by atoms with E-state index in [-0.39, 0.29) is 11.0 Å².